The van der Waals surface area contributed by atoms with Crippen LogP contribution in [0.1, 0.15) is 32.7 Å². The summed E-state index contributed by atoms with van der Waals surface area (Å²) in [6.07, 6.45) is 2.77. The fourth-order valence-electron chi connectivity index (χ4n) is 3.16. The molecule has 7 nitrogen and oxygen atoms in total. The van der Waals surface area contributed by atoms with Gasteiger partial charge in [-0.1, -0.05) is 41.4 Å². The lowest BCUT2D eigenvalue weighted by molar-refractivity contribution is -0.136. The Morgan fingerprint density at radius 2 is 1.73 bits per heavy atom. The van der Waals surface area contributed by atoms with Crippen LogP contribution in [-0.2, 0) is 16.1 Å². The Morgan fingerprint density at radius 1 is 1.03 bits per heavy atom. The molecule has 0 N–H and O–H groups in total. The molecule has 3 rings (SSSR count). The van der Waals surface area contributed by atoms with Gasteiger partial charge in [0.2, 0.25) is 0 Å². The van der Waals surface area contributed by atoms with Gasteiger partial charge in [-0.3, -0.25) is 4.79 Å². The largest absolute Gasteiger partial charge is 0.493 e. The number of aromatic nitrogens is 2. The second-order valence-corrected chi connectivity index (χ2v) is 7.73. The van der Waals surface area contributed by atoms with E-state index < -0.39 is 12.6 Å². The van der Waals surface area contributed by atoms with Gasteiger partial charge in [-0.05, 0) is 43.7 Å². The number of methoxy groups -OCH3 is 2. The van der Waals surface area contributed by atoms with Gasteiger partial charge >= 0.3 is 5.97 Å². The predicted molar refractivity (Wildman–Crippen MR) is 126 cm³/mol. The molecule has 0 fully saturated rings. The van der Waals surface area contributed by atoms with Crippen molar-refractivity contribution in [3.63, 3.8) is 0 Å². The molecule has 0 aliphatic heterocycles. The number of nitrogens with zero attached hydrogens (tertiary/aromatic N) is 2. The van der Waals surface area contributed by atoms with Gasteiger partial charge in [-0.25, -0.2) is 9.48 Å². The van der Waals surface area contributed by atoms with E-state index in [0.717, 1.165) is 5.56 Å². The Morgan fingerprint density at radius 3 is 2.39 bits per heavy atom. The lowest BCUT2D eigenvalue weighted by Gasteiger charge is -2.09. The average Bonchev–Trinajstić information content (AvgIpc) is 3.08. The molecule has 0 aliphatic rings. The van der Waals surface area contributed by atoms with E-state index in [-0.39, 0.29) is 5.78 Å². The summed E-state index contributed by atoms with van der Waals surface area (Å²) in [5, 5.41) is 4.87. The molecule has 0 radical (unpaired) electrons. The van der Waals surface area contributed by atoms with Crippen molar-refractivity contribution in [2.75, 3.05) is 20.8 Å². The zero-order valence-electron chi connectivity index (χ0n) is 18.9. The lowest BCUT2D eigenvalue weighted by atomic mass is 10.1. The third kappa shape index (κ3) is 6.02. The number of ether oxygens (including phenoxy) is 3. The number of esters is 1. The third-order valence-corrected chi connectivity index (χ3v) is 5.40. The van der Waals surface area contributed by atoms with Crippen LogP contribution in [0.4, 0.5) is 0 Å². The van der Waals surface area contributed by atoms with Crippen LogP contribution in [0, 0.1) is 13.8 Å². The number of ketones is 1. The van der Waals surface area contributed by atoms with Crippen LogP contribution in [0.15, 0.2) is 48.5 Å². The van der Waals surface area contributed by atoms with E-state index in [0.29, 0.717) is 40.0 Å². The first-order valence-corrected chi connectivity index (χ1v) is 10.6. The van der Waals surface area contributed by atoms with Crippen molar-refractivity contribution in [1.82, 2.24) is 9.78 Å². The molecule has 0 atom stereocenters. The van der Waals surface area contributed by atoms with E-state index >= 15 is 0 Å². The molecule has 0 unspecified atom stereocenters. The zero-order valence-corrected chi connectivity index (χ0v) is 19.7. The molecule has 172 valence electrons. The average molecular weight is 469 g/mol. The van der Waals surface area contributed by atoms with Gasteiger partial charge < -0.3 is 14.2 Å². The highest BCUT2D eigenvalue weighted by Crippen LogP contribution is 2.27. The number of aryl methyl sites for hydroxylation is 2. The highest BCUT2D eigenvalue weighted by atomic mass is 35.5. The summed E-state index contributed by atoms with van der Waals surface area (Å²) in [6, 6.07) is 12.8. The minimum absolute atomic E-state index is 0.348. The number of carbonyl (C=O) groups excluding carboxylic acids is 2. The molecule has 3 aromatic rings. The number of carbonyl (C=O) groups is 2. The molecule has 0 saturated carbocycles. The monoisotopic (exact) mass is 468 g/mol. The third-order valence-electron chi connectivity index (χ3n) is 5.00. The van der Waals surface area contributed by atoms with Crippen molar-refractivity contribution in [3.8, 4) is 11.5 Å². The molecule has 0 bridgehead atoms. The first-order valence-electron chi connectivity index (χ1n) is 10.2. The Labute approximate surface area is 197 Å². The van der Waals surface area contributed by atoms with E-state index in [1.807, 2.05) is 38.1 Å². The molecule has 8 heteroatoms. The van der Waals surface area contributed by atoms with Crippen LogP contribution in [0.3, 0.4) is 0 Å². The number of rotatable bonds is 9. The zero-order chi connectivity index (χ0) is 24.0. The molecule has 2 aromatic carbocycles. The summed E-state index contributed by atoms with van der Waals surface area (Å²) < 4.78 is 17.1. The minimum Gasteiger partial charge on any atom is -0.493 e. The van der Waals surface area contributed by atoms with Gasteiger partial charge in [0.05, 0.1) is 26.5 Å². The van der Waals surface area contributed by atoms with Crippen molar-refractivity contribution in [3.05, 3.63) is 81.6 Å². The SMILES string of the molecule is COc1ccc(C(=O)COC(=O)/C=C/c2c(C)nn(Cc3ccc(C)cc3)c2Cl)cc1OC. The number of hydrogen-bond acceptors (Lipinski definition) is 6. The topological polar surface area (TPSA) is 79.7 Å². The van der Waals surface area contributed by atoms with Crippen LogP contribution >= 0.6 is 11.6 Å². The van der Waals surface area contributed by atoms with E-state index in [1.165, 1.54) is 31.9 Å². The molecular formula is C25H25ClN2O5. The van der Waals surface area contributed by atoms with E-state index in [1.54, 1.807) is 22.9 Å². The number of benzene rings is 2. The first-order chi connectivity index (χ1) is 15.8. The maximum absolute atomic E-state index is 12.4. The Balaban J connectivity index is 1.62. The summed E-state index contributed by atoms with van der Waals surface area (Å²) in [5.74, 6) is -0.102. The van der Waals surface area contributed by atoms with Crippen molar-refractivity contribution in [2.45, 2.75) is 20.4 Å². The lowest BCUT2D eigenvalue weighted by Crippen LogP contribution is -2.12. The number of halogens is 1. The molecule has 33 heavy (non-hydrogen) atoms. The maximum atomic E-state index is 12.4. The molecule has 0 saturated heterocycles. The molecule has 0 aliphatic carbocycles. The van der Waals surface area contributed by atoms with E-state index in [4.69, 9.17) is 25.8 Å². The molecule has 1 aromatic heterocycles. The Hall–Kier alpha value is -3.58. The highest BCUT2D eigenvalue weighted by molar-refractivity contribution is 6.31. The van der Waals surface area contributed by atoms with Crippen LogP contribution in [0.5, 0.6) is 11.5 Å². The second-order valence-electron chi connectivity index (χ2n) is 7.37. The second kappa shape index (κ2) is 10.8. The van der Waals surface area contributed by atoms with Gasteiger partial charge in [0, 0.05) is 17.2 Å². The van der Waals surface area contributed by atoms with E-state index in [2.05, 4.69) is 5.10 Å². The van der Waals surface area contributed by atoms with Gasteiger partial charge in [0.1, 0.15) is 5.15 Å². The van der Waals surface area contributed by atoms with Crippen LogP contribution in [-0.4, -0.2) is 42.4 Å². The quantitative estimate of drug-likeness (QED) is 0.258. The Kier molecular flexibility index (Phi) is 7.90. The molecular weight excluding hydrogens is 444 g/mol. The molecule has 1 heterocycles. The van der Waals surface area contributed by atoms with Crippen LogP contribution in [0.2, 0.25) is 5.15 Å². The van der Waals surface area contributed by atoms with Gasteiger partial charge in [0.15, 0.2) is 23.9 Å². The van der Waals surface area contributed by atoms with Crippen LogP contribution in [0.25, 0.3) is 6.08 Å². The van der Waals surface area contributed by atoms with Gasteiger partial charge in [-0.15, -0.1) is 0 Å². The summed E-state index contributed by atoms with van der Waals surface area (Å²) in [6.45, 7) is 3.94. The summed E-state index contributed by atoms with van der Waals surface area (Å²) >= 11 is 6.48. The minimum atomic E-state index is -0.662. The number of Topliss-reactive ketones (excluding diaryl/α,β-unsaturated/α-hetero) is 1. The standard InChI is InChI=1S/C25H25ClN2O5/c1-16-5-7-18(8-6-16)14-28-25(26)20(17(2)27-28)10-12-24(30)33-15-21(29)19-9-11-22(31-3)23(13-19)32-4/h5-13H,14-15H2,1-4H3/b12-10+. The number of hydrogen-bond donors (Lipinski definition) is 0. The normalized spacial score (nSPS) is 10.9. The molecule has 0 spiro atoms. The maximum Gasteiger partial charge on any atom is 0.331 e. The molecule has 0 amide bonds. The summed E-state index contributed by atoms with van der Waals surface area (Å²) in [4.78, 5) is 24.5. The Bertz CT molecular complexity index is 1180. The fourth-order valence-corrected chi connectivity index (χ4v) is 3.45. The smallest absolute Gasteiger partial charge is 0.331 e. The van der Waals surface area contributed by atoms with Crippen molar-refractivity contribution in [2.24, 2.45) is 0 Å². The predicted octanol–water partition coefficient (Wildman–Crippen LogP) is 4.66. The van der Waals surface area contributed by atoms with E-state index in [9.17, 15) is 9.59 Å². The van der Waals surface area contributed by atoms with Gasteiger partial charge in [-0.2, -0.15) is 5.10 Å². The van der Waals surface area contributed by atoms with Gasteiger partial charge in [0.25, 0.3) is 0 Å². The first kappa shape index (κ1) is 24.1. The highest BCUT2D eigenvalue weighted by Gasteiger charge is 2.14. The summed E-state index contributed by atoms with van der Waals surface area (Å²) in [7, 11) is 2.99. The van der Waals surface area contributed by atoms with Crippen LogP contribution < -0.4 is 9.47 Å². The van der Waals surface area contributed by atoms with Crippen molar-refractivity contribution >= 4 is 29.4 Å². The fraction of sp³-hybridized carbons (Fsp3) is 0.240. The summed E-state index contributed by atoms with van der Waals surface area (Å²) in [5.41, 5.74) is 3.88. The van der Waals surface area contributed by atoms with Crippen molar-refractivity contribution < 1.29 is 23.8 Å². The van der Waals surface area contributed by atoms with Crippen molar-refractivity contribution in [1.29, 1.82) is 0 Å².